The van der Waals surface area contributed by atoms with E-state index >= 15 is 0 Å². The number of rotatable bonds is 5. The molecular weight excluding hydrogens is 302 g/mol. The normalized spacial score (nSPS) is 10.2. The number of aromatic nitrogens is 1. The summed E-state index contributed by atoms with van der Waals surface area (Å²) in [5.74, 6) is 0.0559. The Morgan fingerprint density at radius 3 is 2.25 bits per heavy atom. The fraction of sp³-hybridized carbons (Fsp3) is 0.100. The number of ether oxygens (including phenoxy) is 2. The Hall–Kier alpha value is -3.14. The van der Waals surface area contributed by atoms with Crippen LogP contribution in [-0.2, 0) is 11.3 Å². The Labute approximate surface area is 140 Å². The van der Waals surface area contributed by atoms with E-state index in [4.69, 9.17) is 4.74 Å². The van der Waals surface area contributed by atoms with Crippen LogP contribution in [-0.4, -0.2) is 18.1 Å². The molecule has 0 aliphatic carbocycles. The lowest BCUT2D eigenvalue weighted by Gasteiger charge is -2.07. The van der Waals surface area contributed by atoms with Crippen LogP contribution in [0.3, 0.4) is 0 Å². The first kappa shape index (κ1) is 15.7. The van der Waals surface area contributed by atoms with E-state index in [1.165, 1.54) is 24.4 Å². The van der Waals surface area contributed by atoms with Crippen LogP contribution in [0.25, 0.3) is 11.1 Å². The van der Waals surface area contributed by atoms with Gasteiger partial charge in [0.1, 0.15) is 6.61 Å². The summed E-state index contributed by atoms with van der Waals surface area (Å²) in [6.07, 6.45) is 1.44. The van der Waals surface area contributed by atoms with Crippen molar-refractivity contribution in [1.82, 2.24) is 4.98 Å². The summed E-state index contributed by atoms with van der Waals surface area (Å²) >= 11 is 0. The Balaban J connectivity index is 1.61. The summed E-state index contributed by atoms with van der Waals surface area (Å²) in [6, 6.07) is 21.7. The number of methoxy groups -OCH3 is 1. The molecule has 0 N–H and O–H groups in total. The van der Waals surface area contributed by atoms with Gasteiger partial charge in [-0.15, -0.1) is 0 Å². The summed E-state index contributed by atoms with van der Waals surface area (Å²) in [7, 11) is 1.34. The van der Waals surface area contributed by atoms with Gasteiger partial charge in [0.05, 0.1) is 12.7 Å². The molecule has 0 unspecified atom stereocenters. The minimum absolute atomic E-state index is 0.400. The predicted octanol–water partition coefficient (Wildman–Crippen LogP) is 4.11. The molecule has 0 amide bonds. The third-order valence-corrected chi connectivity index (χ3v) is 3.61. The summed E-state index contributed by atoms with van der Waals surface area (Å²) in [4.78, 5) is 15.5. The summed E-state index contributed by atoms with van der Waals surface area (Å²) in [5, 5.41) is 0. The molecule has 0 saturated heterocycles. The van der Waals surface area contributed by atoms with Crippen molar-refractivity contribution in [2.24, 2.45) is 0 Å². The molecule has 4 nitrogen and oxygen atoms in total. The first-order valence-corrected chi connectivity index (χ1v) is 7.58. The molecule has 0 aliphatic heterocycles. The van der Waals surface area contributed by atoms with Crippen molar-refractivity contribution in [3.8, 4) is 17.0 Å². The molecule has 0 saturated carbocycles. The number of hydrogen-bond acceptors (Lipinski definition) is 4. The maximum atomic E-state index is 11.3. The largest absolute Gasteiger partial charge is 0.473 e. The van der Waals surface area contributed by atoms with E-state index in [0.717, 1.165) is 5.56 Å². The summed E-state index contributed by atoms with van der Waals surface area (Å²) < 4.78 is 10.3. The topological polar surface area (TPSA) is 48.4 Å². The fourth-order valence-corrected chi connectivity index (χ4v) is 2.29. The zero-order valence-corrected chi connectivity index (χ0v) is 13.3. The maximum Gasteiger partial charge on any atom is 0.339 e. The standard InChI is InChI=1S/C20H17NO3/c1-23-20(22)18-11-12-19(21-13-18)24-14-15-7-9-17(10-8-15)16-5-3-2-4-6-16/h2-13H,14H2,1H3. The van der Waals surface area contributed by atoms with Crippen LogP contribution < -0.4 is 4.74 Å². The van der Waals surface area contributed by atoms with Gasteiger partial charge in [0.25, 0.3) is 0 Å². The second-order valence-corrected chi connectivity index (χ2v) is 5.23. The third-order valence-electron chi connectivity index (χ3n) is 3.61. The van der Waals surface area contributed by atoms with E-state index in [9.17, 15) is 4.79 Å². The van der Waals surface area contributed by atoms with E-state index in [2.05, 4.69) is 34.0 Å². The van der Waals surface area contributed by atoms with Gasteiger partial charge in [-0.2, -0.15) is 0 Å². The Bertz CT molecular complexity index is 797. The number of carbonyl (C=O) groups is 1. The molecule has 3 aromatic rings. The Morgan fingerprint density at radius 2 is 1.62 bits per heavy atom. The van der Waals surface area contributed by atoms with Gasteiger partial charge in [0, 0.05) is 12.3 Å². The van der Waals surface area contributed by atoms with Gasteiger partial charge < -0.3 is 9.47 Å². The van der Waals surface area contributed by atoms with Crippen LogP contribution in [0.4, 0.5) is 0 Å². The van der Waals surface area contributed by atoms with Crippen molar-refractivity contribution in [2.75, 3.05) is 7.11 Å². The number of carbonyl (C=O) groups excluding carboxylic acids is 1. The van der Waals surface area contributed by atoms with E-state index < -0.39 is 5.97 Å². The lowest BCUT2D eigenvalue weighted by molar-refractivity contribution is 0.0600. The third kappa shape index (κ3) is 3.79. The van der Waals surface area contributed by atoms with Crippen LogP contribution in [0.15, 0.2) is 72.9 Å². The second kappa shape index (κ2) is 7.42. The van der Waals surface area contributed by atoms with Crippen LogP contribution in [0.2, 0.25) is 0 Å². The lowest BCUT2D eigenvalue weighted by atomic mass is 10.0. The van der Waals surface area contributed by atoms with Crippen molar-refractivity contribution < 1.29 is 14.3 Å². The molecule has 4 heteroatoms. The highest BCUT2D eigenvalue weighted by molar-refractivity contribution is 5.88. The van der Waals surface area contributed by atoms with Gasteiger partial charge in [0.15, 0.2) is 0 Å². The van der Waals surface area contributed by atoms with E-state index in [1.807, 2.05) is 30.3 Å². The van der Waals surface area contributed by atoms with E-state index in [0.29, 0.717) is 18.1 Å². The lowest BCUT2D eigenvalue weighted by Crippen LogP contribution is -2.03. The first-order chi connectivity index (χ1) is 11.8. The van der Waals surface area contributed by atoms with E-state index in [-0.39, 0.29) is 0 Å². The summed E-state index contributed by atoms with van der Waals surface area (Å²) in [6.45, 7) is 0.416. The van der Waals surface area contributed by atoms with Crippen molar-refractivity contribution >= 4 is 5.97 Å². The number of esters is 1. The molecule has 0 radical (unpaired) electrons. The first-order valence-electron chi connectivity index (χ1n) is 7.58. The highest BCUT2D eigenvalue weighted by atomic mass is 16.5. The molecule has 0 spiro atoms. The number of hydrogen-bond donors (Lipinski definition) is 0. The van der Waals surface area contributed by atoms with Gasteiger partial charge in [-0.1, -0.05) is 54.6 Å². The highest BCUT2D eigenvalue weighted by Crippen LogP contribution is 2.20. The molecule has 120 valence electrons. The highest BCUT2D eigenvalue weighted by Gasteiger charge is 2.06. The van der Waals surface area contributed by atoms with Crippen molar-refractivity contribution in [2.45, 2.75) is 6.61 Å². The molecule has 24 heavy (non-hydrogen) atoms. The average molecular weight is 319 g/mol. The van der Waals surface area contributed by atoms with Crippen molar-refractivity contribution in [3.05, 3.63) is 84.1 Å². The number of pyridine rings is 1. The second-order valence-electron chi connectivity index (χ2n) is 5.23. The zero-order chi connectivity index (χ0) is 16.8. The van der Waals surface area contributed by atoms with Crippen LogP contribution >= 0.6 is 0 Å². The molecule has 1 heterocycles. The quantitative estimate of drug-likeness (QED) is 0.664. The molecule has 1 aromatic heterocycles. The predicted molar refractivity (Wildman–Crippen MR) is 91.8 cm³/mol. The SMILES string of the molecule is COC(=O)c1ccc(OCc2ccc(-c3ccccc3)cc2)nc1. The van der Waals surface area contributed by atoms with Gasteiger partial charge in [-0.3, -0.25) is 0 Å². The van der Waals surface area contributed by atoms with Crippen molar-refractivity contribution in [3.63, 3.8) is 0 Å². The smallest absolute Gasteiger partial charge is 0.339 e. The van der Waals surface area contributed by atoms with Gasteiger partial charge in [0.2, 0.25) is 5.88 Å². The minimum Gasteiger partial charge on any atom is -0.473 e. The molecule has 0 atom stereocenters. The van der Waals surface area contributed by atoms with Gasteiger partial charge in [-0.05, 0) is 22.8 Å². The zero-order valence-electron chi connectivity index (χ0n) is 13.3. The minimum atomic E-state index is -0.412. The Morgan fingerprint density at radius 1 is 0.917 bits per heavy atom. The molecule has 3 rings (SSSR count). The van der Waals surface area contributed by atoms with Crippen molar-refractivity contribution in [1.29, 1.82) is 0 Å². The van der Waals surface area contributed by atoms with Gasteiger partial charge >= 0.3 is 5.97 Å². The van der Waals surface area contributed by atoms with E-state index in [1.54, 1.807) is 12.1 Å². The molecular formula is C20H17NO3. The molecule has 0 fully saturated rings. The van der Waals surface area contributed by atoms with Crippen LogP contribution in [0, 0.1) is 0 Å². The number of nitrogens with zero attached hydrogens (tertiary/aromatic N) is 1. The average Bonchev–Trinajstić information content (AvgIpc) is 2.67. The fourth-order valence-electron chi connectivity index (χ4n) is 2.29. The molecule has 2 aromatic carbocycles. The maximum absolute atomic E-state index is 11.3. The molecule has 0 bridgehead atoms. The summed E-state index contributed by atoms with van der Waals surface area (Å²) in [5.41, 5.74) is 3.80. The number of benzene rings is 2. The van der Waals surface area contributed by atoms with Crippen LogP contribution in [0.1, 0.15) is 15.9 Å². The van der Waals surface area contributed by atoms with Crippen LogP contribution in [0.5, 0.6) is 5.88 Å². The monoisotopic (exact) mass is 319 g/mol. The van der Waals surface area contributed by atoms with Gasteiger partial charge in [-0.25, -0.2) is 9.78 Å². The molecule has 0 aliphatic rings. The Kier molecular flexibility index (Phi) is 4.87.